The van der Waals surface area contributed by atoms with Gasteiger partial charge in [-0.05, 0) is 6.07 Å². The molecule has 0 saturated carbocycles. The molecule has 2 atom stereocenters. The number of piperazine rings is 2. The van der Waals surface area contributed by atoms with Crippen molar-refractivity contribution in [2.24, 2.45) is 0 Å². The number of likely N-dealkylation sites (N-methyl/N-ethyl adjacent to an activating group) is 1. The normalized spacial score (nSPS) is 23.3. The van der Waals surface area contributed by atoms with Gasteiger partial charge in [0.25, 0.3) is 5.91 Å². The smallest absolute Gasteiger partial charge is 0.257 e. The van der Waals surface area contributed by atoms with Crippen molar-refractivity contribution >= 4 is 17.7 Å². The van der Waals surface area contributed by atoms with Gasteiger partial charge in [0.2, 0.25) is 11.8 Å². The Bertz CT molecular complexity index is 788. The SMILES string of the molecule is CN1C(=O)[C@H]2CN(C(=O)c3cc(F)c(F)cc3F)CCN2C(=O)[C@@H]1CO. The van der Waals surface area contributed by atoms with Crippen molar-refractivity contribution in [1.29, 1.82) is 0 Å². The van der Waals surface area contributed by atoms with E-state index in [0.717, 1.165) is 9.80 Å². The number of aliphatic hydroxyl groups is 1. The zero-order valence-electron chi connectivity index (χ0n) is 13.8. The maximum Gasteiger partial charge on any atom is 0.257 e. The number of amides is 3. The summed E-state index contributed by atoms with van der Waals surface area (Å²) in [6.45, 7) is -0.720. The Morgan fingerprint density at radius 3 is 2.42 bits per heavy atom. The number of halogens is 3. The maximum atomic E-state index is 13.8. The highest BCUT2D eigenvalue weighted by molar-refractivity contribution is 5.99. The van der Waals surface area contributed by atoms with Gasteiger partial charge >= 0.3 is 0 Å². The largest absolute Gasteiger partial charge is 0.394 e. The molecule has 7 nitrogen and oxygen atoms in total. The fraction of sp³-hybridized carbons (Fsp3) is 0.438. The molecule has 0 bridgehead atoms. The number of aliphatic hydroxyl groups excluding tert-OH is 1. The summed E-state index contributed by atoms with van der Waals surface area (Å²) in [6, 6.07) is -1.19. The molecule has 0 radical (unpaired) electrons. The van der Waals surface area contributed by atoms with Crippen LogP contribution in [0.3, 0.4) is 0 Å². The third-order valence-corrected chi connectivity index (χ3v) is 4.75. The molecule has 2 fully saturated rings. The molecule has 10 heteroatoms. The van der Waals surface area contributed by atoms with E-state index in [1.165, 1.54) is 11.9 Å². The summed E-state index contributed by atoms with van der Waals surface area (Å²) in [5, 5.41) is 9.29. The molecule has 0 unspecified atom stereocenters. The molecular formula is C16H16F3N3O4. The van der Waals surface area contributed by atoms with Gasteiger partial charge in [0.15, 0.2) is 11.6 Å². The lowest BCUT2D eigenvalue weighted by Gasteiger charge is -2.47. The summed E-state index contributed by atoms with van der Waals surface area (Å²) in [5.74, 6) is -5.78. The van der Waals surface area contributed by atoms with Crippen molar-refractivity contribution in [2.75, 3.05) is 33.3 Å². The average molecular weight is 371 g/mol. The number of rotatable bonds is 2. The zero-order valence-corrected chi connectivity index (χ0v) is 13.8. The van der Waals surface area contributed by atoms with Gasteiger partial charge in [-0.3, -0.25) is 14.4 Å². The van der Waals surface area contributed by atoms with E-state index in [9.17, 15) is 32.7 Å². The first-order valence-electron chi connectivity index (χ1n) is 7.88. The standard InChI is InChI=1S/C16H16F3N3O4/c1-20-13(7-23)16(26)22-3-2-21(6-12(22)15(20)25)14(24)8-4-10(18)11(19)5-9(8)17/h4-5,12-13,23H,2-3,6-7H2,1H3/t12-,13+/m1/s1. The van der Waals surface area contributed by atoms with Crippen molar-refractivity contribution in [3.05, 3.63) is 35.1 Å². The molecule has 1 N–H and O–H groups in total. The molecule has 0 aliphatic carbocycles. The molecule has 0 aromatic heterocycles. The molecule has 3 amide bonds. The fourth-order valence-electron chi connectivity index (χ4n) is 3.25. The first-order valence-corrected chi connectivity index (χ1v) is 7.88. The zero-order chi connectivity index (χ0) is 19.2. The van der Waals surface area contributed by atoms with Crippen LogP contribution in [0.1, 0.15) is 10.4 Å². The molecule has 1 aromatic carbocycles. The van der Waals surface area contributed by atoms with Gasteiger partial charge < -0.3 is 19.8 Å². The van der Waals surface area contributed by atoms with E-state index >= 15 is 0 Å². The van der Waals surface area contributed by atoms with Gasteiger partial charge in [0.1, 0.15) is 17.9 Å². The van der Waals surface area contributed by atoms with Crippen LogP contribution in [0.15, 0.2) is 12.1 Å². The van der Waals surface area contributed by atoms with Gasteiger partial charge in [0, 0.05) is 26.2 Å². The Morgan fingerprint density at radius 1 is 1.12 bits per heavy atom. The average Bonchev–Trinajstić information content (AvgIpc) is 2.62. The highest BCUT2D eigenvalue weighted by atomic mass is 19.2. The van der Waals surface area contributed by atoms with E-state index in [4.69, 9.17) is 0 Å². The van der Waals surface area contributed by atoms with Gasteiger partial charge in [-0.1, -0.05) is 0 Å². The summed E-state index contributed by atoms with van der Waals surface area (Å²) in [6.07, 6.45) is 0. The van der Waals surface area contributed by atoms with Crippen LogP contribution in [0.4, 0.5) is 13.2 Å². The molecule has 2 aliphatic rings. The van der Waals surface area contributed by atoms with Crippen molar-refractivity contribution in [3.8, 4) is 0 Å². The predicted molar refractivity (Wildman–Crippen MR) is 81.4 cm³/mol. The number of carbonyl (C=O) groups is 3. The Labute approximate surface area is 146 Å². The predicted octanol–water partition coefficient (Wildman–Crippen LogP) is -0.410. The maximum absolute atomic E-state index is 13.8. The third-order valence-electron chi connectivity index (χ3n) is 4.75. The second-order valence-electron chi connectivity index (χ2n) is 6.19. The molecule has 2 saturated heterocycles. The van der Waals surface area contributed by atoms with Gasteiger partial charge in [-0.2, -0.15) is 0 Å². The second kappa shape index (κ2) is 6.60. The Hall–Kier alpha value is -2.62. The summed E-state index contributed by atoms with van der Waals surface area (Å²) in [7, 11) is 1.37. The first kappa shape index (κ1) is 18.2. The topological polar surface area (TPSA) is 81.2 Å². The second-order valence-corrected chi connectivity index (χ2v) is 6.19. The molecule has 2 aliphatic heterocycles. The van der Waals surface area contributed by atoms with Crippen LogP contribution in [-0.4, -0.2) is 82.9 Å². The number of hydrogen-bond donors (Lipinski definition) is 1. The molecule has 140 valence electrons. The van der Waals surface area contributed by atoms with Gasteiger partial charge in [0.05, 0.1) is 18.7 Å². The summed E-state index contributed by atoms with van der Waals surface area (Å²) in [4.78, 5) is 40.8. The highest BCUT2D eigenvalue weighted by Gasteiger charge is 2.47. The number of nitrogens with zero attached hydrogens (tertiary/aromatic N) is 3. The Morgan fingerprint density at radius 2 is 1.77 bits per heavy atom. The van der Waals surface area contributed by atoms with Crippen LogP contribution in [0, 0.1) is 17.5 Å². The van der Waals surface area contributed by atoms with E-state index in [-0.39, 0.29) is 25.7 Å². The van der Waals surface area contributed by atoms with Gasteiger partial charge in [-0.15, -0.1) is 0 Å². The minimum Gasteiger partial charge on any atom is -0.394 e. The fourth-order valence-corrected chi connectivity index (χ4v) is 3.25. The van der Waals surface area contributed by atoms with E-state index in [0.29, 0.717) is 6.07 Å². The number of benzene rings is 1. The first-order chi connectivity index (χ1) is 12.3. The van der Waals surface area contributed by atoms with Crippen LogP contribution in [0.25, 0.3) is 0 Å². The lowest BCUT2D eigenvalue weighted by molar-refractivity contribution is -0.164. The number of hydrogen-bond acceptors (Lipinski definition) is 4. The Balaban J connectivity index is 1.84. The van der Waals surface area contributed by atoms with Crippen LogP contribution in [-0.2, 0) is 9.59 Å². The van der Waals surface area contributed by atoms with E-state index in [1.807, 2.05) is 0 Å². The van der Waals surface area contributed by atoms with Crippen molar-refractivity contribution in [3.63, 3.8) is 0 Å². The minimum absolute atomic E-state index is 0.00531. The van der Waals surface area contributed by atoms with Crippen LogP contribution in [0.2, 0.25) is 0 Å². The number of carbonyl (C=O) groups excluding carboxylic acids is 3. The highest BCUT2D eigenvalue weighted by Crippen LogP contribution is 2.23. The summed E-state index contributed by atoms with van der Waals surface area (Å²) >= 11 is 0. The molecule has 0 spiro atoms. The Kier molecular flexibility index (Phi) is 4.61. The van der Waals surface area contributed by atoms with Gasteiger partial charge in [-0.25, -0.2) is 13.2 Å². The summed E-state index contributed by atoms with van der Waals surface area (Å²) in [5.41, 5.74) is -0.645. The van der Waals surface area contributed by atoms with Crippen LogP contribution < -0.4 is 0 Å². The quantitative estimate of drug-likeness (QED) is 0.717. The van der Waals surface area contributed by atoms with Crippen molar-refractivity contribution in [1.82, 2.24) is 14.7 Å². The molecule has 1 aromatic rings. The number of fused-ring (bicyclic) bond motifs is 1. The van der Waals surface area contributed by atoms with Crippen LogP contribution >= 0.6 is 0 Å². The van der Waals surface area contributed by atoms with Crippen molar-refractivity contribution in [2.45, 2.75) is 12.1 Å². The molecule has 26 heavy (non-hydrogen) atoms. The van der Waals surface area contributed by atoms with E-state index in [1.54, 1.807) is 0 Å². The summed E-state index contributed by atoms with van der Waals surface area (Å²) < 4.78 is 40.2. The van der Waals surface area contributed by atoms with E-state index < -0.39 is 59.4 Å². The monoisotopic (exact) mass is 371 g/mol. The molecule has 3 rings (SSSR count). The van der Waals surface area contributed by atoms with E-state index in [2.05, 4.69) is 0 Å². The third kappa shape index (κ3) is 2.79. The molecule has 2 heterocycles. The lowest BCUT2D eigenvalue weighted by Crippen LogP contribution is -2.70. The molecular weight excluding hydrogens is 355 g/mol. The van der Waals surface area contributed by atoms with Crippen LogP contribution in [0.5, 0.6) is 0 Å². The lowest BCUT2D eigenvalue weighted by atomic mass is 10.0. The van der Waals surface area contributed by atoms with Crippen molar-refractivity contribution < 1.29 is 32.7 Å². The minimum atomic E-state index is -1.41.